The zero-order chi connectivity index (χ0) is 15.0. The van der Waals surface area contributed by atoms with Crippen LogP contribution in [0.4, 0.5) is 5.82 Å². The molecule has 2 aromatic heterocycles. The molecule has 2 N–H and O–H groups in total. The molecule has 0 saturated heterocycles. The Bertz CT molecular complexity index is 825. The molecular weight excluding hydrogens is 268 g/mol. The van der Waals surface area contributed by atoms with E-state index in [1.807, 2.05) is 35.8 Å². The molecule has 1 unspecified atom stereocenters. The fourth-order valence-electron chi connectivity index (χ4n) is 2.52. The van der Waals surface area contributed by atoms with Crippen molar-refractivity contribution in [2.75, 3.05) is 12.8 Å². The van der Waals surface area contributed by atoms with Crippen molar-refractivity contribution in [2.24, 2.45) is 5.92 Å². The minimum Gasteiger partial charge on any atom is -0.469 e. The standard InChI is InChI=1S/C15H16N4O2/c1-9(15(20)21-2)7-19-8-17-12-13(19)10-5-3-4-6-11(10)18-14(12)16/h3-6,8-9H,7H2,1-2H3,(H2,16,18). The van der Waals surface area contributed by atoms with Crippen LogP contribution in [-0.4, -0.2) is 27.6 Å². The van der Waals surface area contributed by atoms with Crippen molar-refractivity contribution in [2.45, 2.75) is 13.5 Å². The van der Waals surface area contributed by atoms with Gasteiger partial charge in [0.25, 0.3) is 0 Å². The van der Waals surface area contributed by atoms with Crippen LogP contribution >= 0.6 is 0 Å². The largest absolute Gasteiger partial charge is 0.469 e. The number of anilines is 1. The number of hydrogen-bond donors (Lipinski definition) is 1. The maximum atomic E-state index is 11.6. The number of methoxy groups -OCH3 is 1. The average Bonchev–Trinajstić information content (AvgIpc) is 2.91. The fraction of sp³-hybridized carbons (Fsp3) is 0.267. The lowest BCUT2D eigenvalue weighted by molar-refractivity contribution is -0.145. The number of rotatable bonds is 3. The summed E-state index contributed by atoms with van der Waals surface area (Å²) in [5.41, 5.74) is 8.34. The van der Waals surface area contributed by atoms with Crippen LogP contribution in [0.5, 0.6) is 0 Å². The number of esters is 1. The summed E-state index contributed by atoms with van der Waals surface area (Å²) in [6.45, 7) is 2.31. The molecule has 6 nitrogen and oxygen atoms in total. The van der Waals surface area contributed by atoms with E-state index in [9.17, 15) is 4.79 Å². The monoisotopic (exact) mass is 284 g/mol. The van der Waals surface area contributed by atoms with Crippen LogP contribution in [0.1, 0.15) is 6.92 Å². The van der Waals surface area contributed by atoms with E-state index in [4.69, 9.17) is 10.5 Å². The maximum absolute atomic E-state index is 11.6. The molecule has 21 heavy (non-hydrogen) atoms. The van der Waals surface area contributed by atoms with Crippen molar-refractivity contribution >= 4 is 33.7 Å². The minimum atomic E-state index is -0.263. The molecule has 0 bridgehead atoms. The van der Waals surface area contributed by atoms with E-state index in [2.05, 4.69) is 9.97 Å². The highest BCUT2D eigenvalue weighted by Crippen LogP contribution is 2.27. The second kappa shape index (κ2) is 5.05. The number of ether oxygens (including phenoxy) is 1. The van der Waals surface area contributed by atoms with Gasteiger partial charge in [-0.05, 0) is 6.07 Å². The van der Waals surface area contributed by atoms with E-state index in [0.29, 0.717) is 17.9 Å². The summed E-state index contributed by atoms with van der Waals surface area (Å²) in [6, 6.07) is 7.75. The van der Waals surface area contributed by atoms with Crippen LogP contribution in [0.15, 0.2) is 30.6 Å². The molecule has 3 aromatic rings. The molecule has 0 spiro atoms. The normalized spacial score (nSPS) is 12.7. The first-order chi connectivity index (χ1) is 10.1. The molecule has 0 aliphatic carbocycles. The van der Waals surface area contributed by atoms with Gasteiger partial charge in [-0.3, -0.25) is 4.79 Å². The van der Waals surface area contributed by atoms with Crippen LogP contribution in [0.25, 0.3) is 21.9 Å². The van der Waals surface area contributed by atoms with E-state index in [-0.39, 0.29) is 11.9 Å². The molecule has 6 heteroatoms. The van der Waals surface area contributed by atoms with E-state index >= 15 is 0 Å². The van der Waals surface area contributed by atoms with Crippen LogP contribution in [0, 0.1) is 5.92 Å². The second-order valence-corrected chi connectivity index (χ2v) is 5.03. The summed E-state index contributed by atoms with van der Waals surface area (Å²) in [7, 11) is 1.39. The Hall–Kier alpha value is -2.63. The summed E-state index contributed by atoms with van der Waals surface area (Å²) in [5, 5.41) is 0.969. The number of aromatic nitrogens is 3. The number of nitrogen functional groups attached to an aromatic ring is 1. The molecule has 1 aromatic carbocycles. The van der Waals surface area contributed by atoms with E-state index in [0.717, 1.165) is 16.4 Å². The molecule has 3 rings (SSSR count). The SMILES string of the molecule is COC(=O)C(C)Cn1cnc2c(N)nc3ccccc3c21. The summed E-state index contributed by atoms with van der Waals surface area (Å²) in [5.74, 6) is -0.114. The Morgan fingerprint density at radius 3 is 2.95 bits per heavy atom. The molecule has 1 atom stereocenters. The second-order valence-electron chi connectivity index (χ2n) is 5.03. The van der Waals surface area contributed by atoms with E-state index in [1.165, 1.54) is 7.11 Å². The molecule has 0 radical (unpaired) electrons. The number of nitrogens with two attached hydrogens (primary N) is 1. The quantitative estimate of drug-likeness (QED) is 0.743. The topological polar surface area (TPSA) is 83.0 Å². The molecule has 0 aliphatic rings. The summed E-state index contributed by atoms with van der Waals surface area (Å²) < 4.78 is 6.70. The first-order valence-corrected chi connectivity index (χ1v) is 6.68. The van der Waals surface area contributed by atoms with Gasteiger partial charge in [-0.15, -0.1) is 0 Å². The third-order valence-corrected chi connectivity index (χ3v) is 3.55. The number of pyridine rings is 1. The van der Waals surface area contributed by atoms with Crippen molar-refractivity contribution in [1.82, 2.24) is 14.5 Å². The van der Waals surface area contributed by atoms with E-state index < -0.39 is 0 Å². The van der Waals surface area contributed by atoms with Gasteiger partial charge in [0.15, 0.2) is 5.82 Å². The van der Waals surface area contributed by atoms with Gasteiger partial charge >= 0.3 is 5.97 Å². The Balaban J connectivity index is 2.18. The molecule has 0 fully saturated rings. The number of carbonyl (C=O) groups is 1. The summed E-state index contributed by atoms with van der Waals surface area (Å²) in [4.78, 5) is 20.3. The number of imidazole rings is 1. The third-order valence-electron chi connectivity index (χ3n) is 3.55. The van der Waals surface area contributed by atoms with Crippen LogP contribution in [0.2, 0.25) is 0 Å². The van der Waals surface area contributed by atoms with E-state index in [1.54, 1.807) is 6.33 Å². The number of para-hydroxylation sites is 1. The van der Waals surface area contributed by atoms with Gasteiger partial charge in [0.05, 0.1) is 30.4 Å². The maximum Gasteiger partial charge on any atom is 0.310 e. The Morgan fingerprint density at radius 1 is 1.43 bits per heavy atom. The summed E-state index contributed by atoms with van der Waals surface area (Å²) >= 11 is 0. The zero-order valence-corrected chi connectivity index (χ0v) is 11.9. The van der Waals surface area contributed by atoms with Gasteiger partial charge in [0, 0.05) is 11.9 Å². The smallest absolute Gasteiger partial charge is 0.310 e. The van der Waals surface area contributed by atoms with Gasteiger partial charge < -0.3 is 15.0 Å². The first-order valence-electron chi connectivity index (χ1n) is 6.68. The lowest BCUT2D eigenvalue weighted by Crippen LogP contribution is -2.18. The van der Waals surface area contributed by atoms with Gasteiger partial charge in [0.2, 0.25) is 0 Å². The average molecular weight is 284 g/mol. The van der Waals surface area contributed by atoms with Gasteiger partial charge in [-0.2, -0.15) is 0 Å². The molecular formula is C15H16N4O2. The molecule has 108 valence electrons. The lowest BCUT2D eigenvalue weighted by atomic mass is 10.1. The predicted molar refractivity (Wildman–Crippen MR) is 80.6 cm³/mol. The summed E-state index contributed by atoms with van der Waals surface area (Å²) in [6.07, 6.45) is 1.69. The molecule has 0 aliphatic heterocycles. The lowest BCUT2D eigenvalue weighted by Gasteiger charge is -2.12. The van der Waals surface area contributed by atoms with Crippen molar-refractivity contribution in [3.63, 3.8) is 0 Å². The van der Waals surface area contributed by atoms with Gasteiger partial charge in [0.1, 0.15) is 5.52 Å². The number of carbonyl (C=O) groups excluding carboxylic acids is 1. The number of nitrogens with zero attached hydrogens (tertiary/aromatic N) is 3. The van der Waals surface area contributed by atoms with Crippen LogP contribution in [-0.2, 0) is 16.1 Å². The highest BCUT2D eigenvalue weighted by Gasteiger charge is 2.17. The highest BCUT2D eigenvalue weighted by atomic mass is 16.5. The fourth-order valence-corrected chi connectivity index (χ4v) is 2.52. The van der Waals surface area contributed by atoms with Crippen molar-refractivity contribution in [3.8, 4) is 0 Å². The minimum absolute atomic E-state index is 0.247. The van der Waals surface area contributed by atoms with Crippen LogP contribution in [0.3, 0.4) is 0 Å². The number of hydrogen-bond acceptors (Lipinski definition) is 5. The highest BCUT2D eigenvalue weighted by molar-refractivity contribution is 6.06. The Kier molecular flexibility index (Phi) is 3.21. The molecule has 0 amide bonds. The van der Waals surface area contributed by atoms with Crippen molar-refractivity contribution < 1.29 is 9.53 Å². The van der Waals surface area contributed by atoms with Crippen LogP contribution < -0.4 is 5.73 Å². The van der Waals surface area contributed by atoms with Crippen molar-refractivity contribution in [3.05, 3.63) is 30.6 Å². The number of fused-ring (bicyclic) bond motifs is 3. The van der Waals surface area contributed by atoms with Gasteiger partial charge in [-0.1, -0.05) is 25.1 Å². The Morgan fingerprint density at radius 2 is 2.19 bits per heavy atom. The molecule has 2 heterocycles. The Labute approximate surface area is 121 Å². The van der Waals surface area contributed by atoms with Crippen molar-refractivity contribution in [1.29, 1.82) is 0 Å². The zero-order valence-electron chi connectivity index (χ0n) is 11.9. The predicted octanol–water partition coefficient (Wildman–Crippen LogP) is 1.98. The van der Waals surface area contributed by atoms with Gasteiger partial charge in [-0.25, -0.2) is 9.97 Å². The first kappa shape index (κ1) is 13.4. The molecule has 0 saturated carbocycles. The number of benzene rings is 1. The third kappa shape index (κ3) is 2.18.